The predicted octanol–water partition coefficient (Wildman–Crippen LogP) is 3.49. The first kappa shape index (κ1) is 31.3. The van der Waals surface area contributed by atoms with Crippen molar-refractivity contribution in [2.24, 2.45) is 5.92 Å². The number of carbonyl (C=O) groups is 4. The van der Waals surface area contributed by atoms with Crippen molar-refractivity contribution in [1.29, 1.82) is 0 Å². The van der Waals surface area contributed by atoms with E-state index in [0.29, 0.717) is 38.6 Å². The van der Waals surface area contributed by atoms with Crippen LogP contribution in [0.5, 0.6) is 0 Å². The van der Waals surface area contributed by atoms with Crippen LogP contribution < -0.4 is 15.4 Å². The highest BCUT2D eigenvalue weighted by atomic mass is 35.5. The fourth-order valence-electron chi connectivity index (χ4n) is 5.21. The Morgan fingerprint density at radius 3 is 2.59 bits per heavy atom. The van der Waals surface area contributed by atoms with Gasteiger partial charge in [-0.2, -0.15) is 0 Å². The molecule has 4 rings (SSSR count). The lowest BCUT2D eigenvalue weighted by atomic mass is 10.1. The van der Waals surface area contributed by atoms with Gasteiger partial charge in [-0.15, -0.1) is 11.3 Å². The number of nitrogens with one attached hydrogen (secondary N) is 3. The van der Waals surface area contributed by atoms with E-state index in [0.717, 1.165) is 24.2 Å². The van der Waals surface area contributed by atoms with Crippen LogP contribution in [0.25, 0.3) is 0 Å². The number of fused-ring (bicyclic) bond motifs is 2. The fourth-order valence-corrected chi connectivity index (χ4v) is 7.73. The largest absolute Gasteiger partial charge is 0.436 e. The van der Waals surface area contributed by atoms with Crippen LogP contribution >= 0.6 is 22.9 Å². The van der Waals surface area contributed by atoms with E-state index in [1.54, 1.807) is 20.8 Å². The van der Waals surface area contributed by atoms with E-state index >= 15 is 0 Å². The maximum Gasteiger partial charge on any atom is 0.408 e. The van der Waals surface area contributed by atoms with E-state index in [9.17, 15) is 27.6 Å². The molecule has 1 saturated carbocycles. The zero-order valence-corrected chi connectivity index (χ0v) is 25.8. The number of carbonyl (C=O) groups excluding carboxylic acids is 4. The second-order valence-corrected chi connectivity index (χ2v) is 15.4. The summed E-state index contributed by atoms with van der Waals surface area (Å²) in [5, 5.41) is 5.50. The van der Waals surface area contributed by atoms with Crippen molar-refractivity contribution in [3.8, 4) is 0 Å². The minimum absolute atomic E-state index is 0.113. The molecule has 1 aromatic heterocycles. The third kappa shape index (κ3) is 7.61. The van der Waals surface area contributed by atoms with E-state index < -0.39 is 63.0 Å². The molecule has 3 heterocycles. The molecule has 11 nitrogen and oxygen atoms in total. The molecular weight excluding hydrogens is 592 g/mol. The average molecular weight is 629 g/mol. The minimum atomic E-state index is -4.20. The van der Waals surface area contributed by atoms with Gasteiger partial charge in [-0.25, -0.2) is 17.9 Å². The number of hydrogen-bond acceptors (Lipinski definition) is 8. The Hall–Kier alpha value is -2.64. The van der Waals surface area contributed by atoms with Crippen molar-refractivity contribution in [3.05, 3.63) is 28.6 Å². The number of rotatable bonds is 4. The number of allylic oxidation sites excluding steroid dienone is 1. The van der Waals surface area contributed by atoms with Gasteiger partial charge in [-0.1, -0.05) is 30.2 Å². The molecule has 2 fully saturated rings. The summed E-state index contributed by atoms with van der Waals surface area (Å²) in [6, 6.07) is 1.85. The zero-order valence-electron chi connectivity index (χ0n) is 23.4. The first-order chi connectivity index (χ1) is 19.2. The summed E-state index contributed by atoms with van der Waals surface area (Å²) in [6.07, 6.45) is 6.42. The van der Waals surface area contributed by atoms with E-state index in [4.69, 9.17) is 16.3 Å². The Morgan fingerprint density at radius 1 is 1.15 bits per heavy atom. The third-order valence-corrected chi connectivity index (χ3v) is 10.4. The number of alkyl carbamates (subject to hydrolysis) is 1. The molecule has 0 bridgehead atoms. The maximum atomic E-state index is 13.6. The first-order valence-corrected chi connectivity index (χ1v) is 16.5. The summed E-state index contributed by atoms with van der Waals surface area (Å²) < 4.78 is 33.6. The van der Waals surface area contributed by atoms with Crippen molar-refractivity contribution < 1.29 is 32.3 Å². The van der Waals surface area contributed by atoms with Crippen molar-refractivity contribution in [1.82, 2.24) is 20.3 Å². The zero-order chi connectivity index (χ0) is 30.0. The Bertz CT molecular complexity index is 1320. The summed E-state index contributed by atoms with van der Waals surface area (Å²) in [7, 11) is -4.20. The molecule has 2 aliphatic heterocycles. The summed E-state index contributed by atoms with van der Waals surface area (Å²) in [4.78, 5) is 54.6. The minimum Gasteiger partial charge on any atom is -0.436 e. The number of amides is 4. The Morgan fingerprint density at radius 2 is 1.90 bits per heavy atom. The lowest BCUT2D eigenvalue weighted by Gasteiger charge is -2.30. The number of thiophene rings is 1. The number of ether oxygens (including phenoxy) is 1. The molecule has 1 saturated heterocycles. The SMILES string of the molecule is CC(C)(C)NC(=O)O[C@H]1CCCCCC=C[C@@H]2C[C@@]2(C(=O)NS(=O)(=O)c2ccc(Cl)s2)NC(=O)[C@@H]2CCCN2C1=O. The lowest BCUT2D eigenvalue weighted by molar-refractivity contribution is -0.146. The van der Waals surface area contributed by atoms with Crippen LogP contribution in [0.3, 0.4) is 0 Å². The highest BCUT2D eigenvalue weighted by molar-refractivity contribution is 7.92. The van der Waals surface area contributed by atoms with Gasteiger partial charge in [0.1, 0.15) is 15.8 Å². The number of hydrogen-bond donors (Lipinski definition) is 3. The average Bonchev–Trinajstić information content (AvgIpc) is 3.19. The Kier molecular flexibility index (Phi) is 9.39. The van der Waals surface area contributed by atoms with Gasteiger partial charge in [-0.05, 0) is 77.8 Å². The van der Waals surface area contributed by atoms with Crippen LogP contribution in [0.1, 0.15) is 72.1 Å². The second-order valence-electron chi connectivity index (χ2n) is 11.8. The molecule has 3 N–H and O–H groups in total. The molecule has 4 amide bonds. The number of halogens is 1. The second kappa shape index (κ2) is 12.3. The predicted molar refractivity (Wildman–Crippen MR) is 154 cm³/mol. The van der Waals surface area contributed by atoms with E-state index in [2.05, 4.69) is 15.4 Å². The van der Waals surface area contributed by atoms with E-state index in [-0.39, 0.29) is 15.0 Å². The molecule has 1 aliphatic carbocycles. The van der Waals surface area contributed by atoms with Crippen LogP contribution in [-0.4, -0.2) is 66.9 Å². The van der Waals surface area contributed by atoms with Crippen molar-refractivity contribution >= 4 is 56.8 Å². The molecule has 0 spiro atoms. The van der Waals surface area contributed by atoms with Gasteiger partial charge in [0.05, 0.1) is 4.34 Å². The summed E-state index contributed by atoms with van der Waals surface area (Å²) in [6.45, 7) is 5.71. The molecule has 14 heteroatoms. The molecule has 0 radical (unpaired) electrons. The van der Waals surface area contributed by atoms with Gasteiger partial charge in [0.25, 0.3) is 21.8 Å². The van der Waals surface area contributed by atoms with Gasteiger partial charge in [-0.3, -0.25) is 14.4 Å². The van der Waals surface area contributed by atoms with Crippen LogP contribution in [0.15, 0.2) is 28.5 Å². The summed E-state index contributed by atoms with van der Waals surface area (Å²) in [5.74, 6) is -2.25. The number of nitrogens with zero attached hydrogens (tertiary/aromatic N) is 1. The van der Waals surface area contributed by atoms with Crippen LogP contribution in [0.2, 0.25) is 4.34 Å². The lowest BCUT2D eigenvalue weighted by Crippen LogP contribution is -2.57. The van der Waals surface area contributed by atoms with Crippen molar-refractivity contribution in [3.63, 3.8) is 0 Å². The topological polar surface area (TPSA) is 151 Å². The molecule has 226 valence electrons. The summed E-state index contributed by atoms with van der Waals surface area (Å²) >= 11 is 6.70. The monoisotopic (exact) mass is 628 g/mol. The molecule has 0 aromatic carbocycles. The molecule has 0 unspecified atom stereocenters. The van der Waals surface area contributed by atoms with Crippen molar-refractivity contribution in [2.45, 2.75) is 99.6 Å². The maximum absolute atomic E-state index is 13.6. The molecule has 1 aromatic rings. The normalized spacial score (nSPS) is 27.5. The van der Waals surface area contributed by atoms with E-state index in [1.807, 2.05) is 12.2 Å². The summed E-state index contributed by atoms with van der Waals surface area (Å²) in [5.41, 5.74) is -2.02. The third-order valence-electron chi connectivity index (χ3n) is 7.35. The Balaban J connectivity index is 1.56. The van der Waals surface area contributed by atoms with E-state index in [1.165, 1.54) is 17.0 Å². The molecule has 4 atom stereocenters. The van der Waals surface area contributed by atoms with Gasteiger partial charge in [0.2, 0.25) is 5.91 Å². The van der Waals surface area contributed by atoms with Gasteiger partial charge < -0.3 is 20.3 Å². The van der Waals surface area contributed by atoms with Gasteiger partial charge in [0, 0.05) is 18.0 Å². The van der Waals surface area contributed by atoms with Gasteiger partial charge >= 0.3 is 6.09 Å². The molecular formula is C27H37ClN4O7S2. The smallest absolute Gasteiger partial charge is 0.408 e. The van der Waals surface area contributed by atoms with Crippen LogP contribution in [-0.2, 0) is 29.1 Å². The highest BCUT2D eigenvalue weighted by Crippen LogP contribution is 2.46. The van der Waals surface area contributed by atoms with Gasteiger partial charge in [0.15, 0.2) is 6.10 Å². The number of sulfonamides is 1. The first-order valence-electron chi connectivity index (χ1n) is 13.8. The fraction of sp³-hybridized carbons (Fsp3) is 0.630. The molecule has 41 heavy (non-hydrogen) atoms. The highest BCUT2D eigenvalue weighted by Gasteiger charge is 2.61. The quantitative estimate of drug-likeness (QED) is 0.432. The molecule has 3 aliphatic rings. The van der Waals surface area contributed by atoms with Crippen LogP contribution in [0.4, 0.5) is 4.79 Å². The standard InChI is InChI=1S/C27H37ClN4O7S2/c1-26(2,3)30-25(36)39-19-12-8-6-4-5-7-10-17-16-27(17,29-22(33)18-11-9-15-32(18)23(19)34)24(35)31-41(37,38)21-14-13-20(28)40-21/h7,10,13-14,17-19H,4-6,8-9,11-12,15-16H2,1-3H3,(H,29,33)(H,30,36)(H,31,35)/t17-,18+,19+,27-/m1/s1. The van der Waals surface area contributed by atoms with Crippen LogP contribution in [0, 0.1) is 5.92 Å². The van der Waals surface area contributed by atoms with Crippen molar-refractivity contribution in [2.75, 3.05) is 6.54 Å². The Labute approximate surface area is 249 Å².